The Hall–Kier alpha value is -1.47. The van der Waals surface area contributed by atoms with Crippen LogP contribution < -0.4 is 5.32 Å². The van der Waals surface area contributed by atoms with Gasteiger partial charge in [-0.3, -0.25) is 4.68 Å². The number of aromatic nitrogens is 4. The Morgan fingerprint density at radius 1 is 1.37 bits per heavy atom. The number of aryl methyl sites for hydroxylation is 2. The third-order valence-electron chi connectivity index (χ3n) is 2.90. The Kier molecular flexibility index (Phi) is 4.49. The summed E-state index contributed by atoms with van der Waals surface area (Å²) < 4.78 is 11.3. The van der Waals surface area contributed by atoms with Gasteiger partial charge in [0.1, 0.15) is 5.82 Å². The minimum atomic E-state index is 0.653. The zero-order valence-corrected chi connectivity index (χ0v) is 12.5. The Bertz CT molecular complexity index is 548. The van der Waals surface area contributed by atoms with Gasteiger partial charge in [0, 0.05) is 25.1 Å². The largest absolute Gasteiger partial charge is 0.383 e. The molecule has 0 aromatic carbocycles. The highest BCUT2D eigenvalue weighted by molar-refractivity contribution is 7.09. The summed E-state index contributed by atoms with van der Waals surface area (Å²) in [4.78, 5) is 4.41. The number of anilines is 2. The van der Waals surface area contributed by atoms with Gasteiger partial charge in [-0.2, -0.15) is 9.47 Å². The van der Waals surface area contributed by atoms with Crippen LogP contribution in [0.15, 0.2) is 0 Å². The van der Waals surface area contributed by atoms with Crippen molar-refractivity contribution in [3.05, 3.63) is 17.2 Å². The SMILES string of the molecule is CCc1nsc(Nc2c(C)nn(CCOC)c2C)n1. The van der Waals surface area contributed by atoms with Gasteiger partial charge in [0.25, 0.3) is 0 Å². The highest BCUT2D eigenvalue weighted by atomic mass is 32.1. The number of rotatable bonds is 6. The minimum absolute atomic E-state index is 0.653. The molecule has 0 amide bonds. The third kappa shape index (κ3) is 3.10. The molecule has 0 atom stereocenters. The van der Waals surface area contributed by atoms with E-state index in [2.05, 4.69) is 19.8 Å². The molecule has 0 unspecified atom stereocenters. The number of nitrogens with one attached hydrogen (secondary N) is 1. The molecule has 2 aromatic rings. The lowest BCUT2D eigenvalue weighted by molar-refractivity contribution is 0.182. The lowest BCUT2D eigenvalue weighted by Crippen LogP contribution is -2.07. The molecular weight excluding hydrogens is 262 g/mol. The number of hydrogen-bond acceptors (Lipinski definition) is 6. The Morgan fingerprint density at radius 3 is 2.79 bits per heavy atom. The first-order chi connectivity index (χ1) is 9.15. The molecule has 0 radical (unpaired) electrons. The van der Waals surface area contributed by atoms with Gasteiger partial charge in [-0.25, -0.2) is 4.98 Å². The maximum absolute atomic E-state index is 5.08. The average molecular weight is 281 g/mol. The number of methoxy groups -OCH3 is 1. The molecule has 0 saturated heterocycles. The Labute approximate surface area is 117 Å². The quantitative estimate of drug-likeness (QED) is 0.880. The van der Waals surface area contributed by atoms with Crippen molar-refractivity contribution in [3.63, 3.8) is 0 Å². The summed E-state index contributed by atoms with van der Waals surface area (Å²) in [6.07, 6.45) is 0.850. The second kappa shape index (κ2) is 6.12. The average Bonchev–Trinajstić information content (AvgIpc) is 2.96. The van der Waals surface area contributed by atoms with Crippen LogP contribution in [-0.2, 0) is 17.7 Å². The normalized spacial score (nSPS) is 10.9. The standard InChI is InChI=1S/C12H19N5OS/c1-5-10-13-12(19-16-10)14-11-8(2)15-17(9(11)3)6-7-18-4/h5-7H2,1-4H3,(H,13,14,16). The molecule has 7 heteroatoms. The van der Waals surface area contributed by atoms with E-state index >= 15 is 0 Å². The van der Waals surface area contributed by atoms with Crippen LogP contribution in [-0.4, -0.2) is 32.9 Å². The fraction of sp³-hybridized carbons (Fsp3) is 0.583. The van der Waals surface area contributed by atoms with E-state index in [1.54, 1.807) is 7.11 Å². The van der Waals surface area contributed by atoms with Crippen LogP contribution in [0.4, 0.5) is 10.8 Å². The van der Waals surface area contributed by atoms with Crippen molar-refractivity contribution < 1.29 is 4.74 Å². The molecule has 2 aromatic heterocycles. The van der Waals surface area contributed by atoms with Gasteiger partial charge in [0.15, 0.2) is 0 Å². The van der Waals surface area contributed by atoms with Gasteiger partial charge in [0.2, 0.25) is 5.13 Å². The molecule has 0 fully saturated rings. The molecular formula is C12H19N5OS. The minimum Gasteiger partial charge on any atom is -0.383 e. The van der Waals surface area contributed by atoms with E-state index in [4.69, 9.17) is 4.74 Å². The Balaban J connectivity index is 2.17. The van der Waals surface area contributed by atoms with Crippen molar-refractivity contribution in [2.45, 2.75) is 33.7 Å². The van der Waals surface area contributed by atoms with Crippen molar-refractivity contribution in [1.29, 1.82) is 0 Å². The highest BCUT2D eigenvalue weighted by Gasteiger charge is 2.13. The monoisotopic (exact) mass is 281 g/mol. The van der Waals surface area contributed by atoms with Crippen LogP contribution in [0.2, 0.25) is 0 Å². The number of nitrogens with zero attached hydrogens (tertiary/aromatic N) is 4. The predicted molar refractivity (Wildman–Crippen MR) is 76.1 cm³/mol. The van der Waals surface area contributed by atoms with Gasteiger partial charge in [-0.05, 0) is 13.8 Å². The molecule has 0 aliphatic heterocycles. The molecule has 2 rings (SSSR count). The first-order valence-electron chi connectivity index (χ1n) is 6.28. The second-order valence-electron chi connectivity index (χ2n) is 4.26. The number of ether oxygens (including phenoxy) is 1. The maximum atomic E-state index is 5.08. The second-order valence-corrected chi connectivity index (χ2v) is 5.01. The molecule has 104 valence electrons. The van der Waals surface area contributed by atoms with Gasteiger partial charge >= 0.3 is 0 Å². The molecule has 19 heavy (non-hydrogen) atoms. The summed E-state index contributed by atoms with van der Waals surface area (Å²) in [7, 11) is 1.69. The summed E-state index contributed by atoms with van der Waals surface area (Å²) in [6, 6.07) is 0. The molecule has 0 aliphatic carbocycles. The van der Waals surface area contributed by atoms with Crippen LogP contribution in [0.25, 0.3) is 0 Å². The van der Waals surface area contributed by atoms with E-state index in [0.29, 0.717) is 6.61 Å². The lowest BCUT2D eigenvalue weighted by Gasteiger charge is -2.04. The zero-order chi connectivity index (χ0) is 13.8. The van der Waals surface area contributed by atoms with Crippen molar-refractivity contribution >= 4 is 22.4 Å². The van der Waals surface area contributed by atoms with Crippen molar-refractivity contribution in [2.24, 2.45) is 0 Å². The maximum Gasteiger partial charge on any atom is 0.207 e. The molecule has 0 aliphatic rings. The number of hydrogen-bond donors (Lipinski definition) is 1. The summed E-state index contributed by atoms with van der Waals surface area (Å²) in [5, 5.41) is 8.63. The van der Waals surface area contributed by atoms with Crippen LogP contribution >= 0.6 is 11.5 Å². The fourth-order valence-corrected chi connectivity index (χ4v) is 2.48. The van der Waals surface area contributed by atoms with Crippen molar-refractivity contribution in [1.82, 2.24) is 19.1 Å². The predicted octanol–water partition coefficient (Wildman–Crippen LogP) is 2.30. The first-order valence-corrected chi connectivity index (χ1v) is 7.05. The van der Waals surface area contributed by atoms with Crippen LogP contribution in [0.3, 0.4) is 0 Å². The van der Waals surface area contributed by atoms with Gasteiger partial charge in [-0.1, -0.05) is 6.92 Å². The van der Waals surface area contributed by atoms with Crippen molar-refractivity contribution in [2.75, 3.05) is 19.0 Å². The zero-order valence-electron chi connectivity index (χ0n) is 11.7. The van der Waals surface area contributed by atoms with E-state index in [9.17, 15) is 0 Å². The molecule has 0 spiro atoms. The summed E-state index contributed by atoms with van der Waals surface area (Å²) in [5.74, 6) is 0.870. The topological polar surface area (TPSA) is 64.9 Å². The molecule has 0 saturated carbocycles. The molecule has 1 N–H and O–H groups in total. The smallest absolute Gasteiger partial charge is 0.207 e. The molecule has 6 nitrogen and oxygen atoms in total. The lowest BCUT2D eigenvalue weighted by atomic mass is 10.3. The van der Waals surface area contributed by atoms with Gasteiger partial charge in [0.05, 0.1) is 30.2 Å². The summed E-state index contributed by atoms with van der Waals surface area (Å²) in [6.45, 7) is 7.48. The highest BCUT2D eigenvalue weighted by Crippen LogP contribution is 2.25. The molecule has 2 heterocycles. The van der Waals surface area contributed by atoms with Crippen LogP contribution in [0.1, 0.15) is 24.1 Å². The van der Waals surface area contributed by atoms with E-state index in [-0.39, 0.29) is 0 Å². The Morgan fingerprint density at radius 2 is 2.16 bits per heavy atom. The fourth-order valence-electron chi connectivity index (χ4n) is 1.83. The summed E-state index contributed by atoms with van der Waals surface area (Å²) in [5.41, 5.74) is 3.06. The van der Waals surface area contributed by atoms with E-state index < -0.39 is 0 Å². The molecule has 0 bridgehead atoms. The van der Waals surface area contributed by atoms with Gasteiger partial charge in [-0.15, -0.1) is 0 Å². The van der Waals surface area contributed by atoms with E-state index in [0.717, 1.165) is 41.0 Å². The first kappa shape index (κ1) is 14.0. The van der Waals surface area contributed by atoms with E-state index in [1.807, 2.05) is 25.5 Å². The van der Waals surface area contributed by atoms with E-state index in [1.165, 1.54) is 11.5 Å². The van der Waals surface area contributed by atoms with Crippen LogP contribution in [0.5, 0.6) is 0 Å². The third-order valence-corrected chi connectivity index (χ3v) is 3.57. The van der Waals surface area contributed by atoms with Crippen molar-refractivity contribution in [3.8, 4) is 0 Å². The summed E-state index contributed by atoms with van der Waals surface area (Å²) >= 11 is 1.38. The van der Waals surface area contributed by atoms with Gasteiger partial charge < -0.3 is 10.1 Å². The van der Waals surface area contributed by atoms with Crippen LogP contribution in [0, 0.1) is 13.8 Å².